The lowest BCUT2D eigenvalue weighted by Crippen LogP contribution is -2.46. The van der Waals surface area contributed by atoms with Crippen LogP contribution in [0.2, 0.25) is 0 Å². The molecule has 9 heteroatoms. The van der Waals surface area contributed by atoms with Crippen molar-refractivity contribution in [1.29, 1.82) is 0 Å². The monoisotopic (exact) mass is 300 g/mol. The Labute approximate surface area is 122 Å². The van der Waals surface area contributed by atoms with Crippen LogP contribution in [0.25, 0.3) is 0 Å². The second kappa shape index (κ2) is 8.22. The maximum atomic E-state index is 12.1. The Balaban J connectivity index is 2.77. The van der Waals surface area contributed by atoms with Gasteiger partial charge in [0, 0.05) is 39.0 Å². The van der Waals surface area contributed by atoms with Gasteiger partial charge in [-0.3, -0.25) is 4.68 Å². The van der Waals surface area contributed by atoms with Crippen LogP contribution in [0.5, 0.6) is 0 Å². The van der Waals surface area contributed by atoms with Crippen LogP contribution in [0.3, 0.4) is 0 Å². The number of carbonyl (C=O) groups excluding carboxylic acids is 1. The highest BCUT2D eigenvalue weighted by Gasteiger charge is 2.25. The number of aliphatic carboxylic acids is 1. The molecule has 1 rings (SSSR count). The number of carboxylic acid groups (broad SMARTS) is 1. The van der Waals surface area contributed by atoms with Gasteiger partial charge < -0.3 is 25.2 Å². The Morgan fingerprint density at radius 1 is 1.52 bits per heavy atom. The Morgan fingerprint density at radius 2 is 2.24 bits per heavy atom. The first-order valence-electron chi connectivity index (χ1n) is 6.36. The minimum absolute atomic E-state index is 0.0918. The van der Waals surface area contributed by atoms with E-state index < -0.39 is 18.0 Å². The molecular weight excluding hydrogens is 280 g/mol. The van der Waals surface area contributed by atoms with E-state index in [0.29, 0.717) is 5.56 Å². The number of urea groups is 1. The first-order valence-corrected chi connectivity index (χ1v) is 6.36. The molecule has 2 amide bonds. The quantitative estimate of drug-likeness (QED) is 0.578. The Morgan fingerprint density at radius 3 is 2.71 bits per heavy atom. The topological polar surface area (TPSA) is 117 Å². The number of ether oxygens (including phenoxy) is 1. The Hall–Kier alpha value is -2.13. The molecule has 0 saturated heterocycles. The first-order chi connectivity index (χ1) is 9.99. The molecule has 1 aromatic rings. The molecule has 0 aliphatic heterocycles. The number of carboxylic acids is 1. The van der Waals surface area contributed by atoms with Crippen molar-refractivity contribution in [1.82, 2.24) is 20.0 Å². The molecule has 0 fully saturated rings. The van der Waals surface area contributed by atoms with E-state index in [4.69, 9.17) is 9.84 Å². The third kappa shape index (κ3) is 5.04. The molecular formula is C12H20N4O5. The van der Waals surface area contributed by atoms with Gasteiger partial charge in [0.25, 0.3) is 0 Å². The van der Waals surface area contributed by atoms with E-state index in [2.05, 4.69) is 10.4 Å². The lowest BCUT2D eigenvalue weighted by molar-refractivity contribution is -0.139. The highest BCUT2D eigenvalue weighted by Crippen LogP contribution is 2.12. The summed E-state index contributed by atoms with van der Waals surface area (Å²) in [6, 6.07) is -1.78. The second-order valence-corrected chi connectivity index (χ2v) is 4.37. The van der Waals surface area contributed by atoms with Crippen LogP contribution < -0.4 is 5.32 Å². The zero-order valence-corrected chi connectivity index (χ0v) is 12.0. The maximum absolute atomic E-state index is 12.1. The minimum atomic E-state index is -1.20. The number of aromatic nitrogens is 2. The van der Waals surface area contributed by atoms with E-state index in [0.717, 1.165) is 0 Å². The molecule has 0 bridgehead atoms. The number of carbonyl (C=O) groups is 2. The highest BCUT2D eigenvalue weighted by molar-refractivity contribution is 5.83. The number of methoxy groups -OCH3 is 1. The number of aliphatic hydroxyl groups is 1. The van der Waals surface area contributed by atoms with Crippen LogP contribution in [0.1, 0.15) is 11.6 Å². The van der Waals surface area contributed by atoms with Crippen molar-refractivity contribution in [3.8, 4) is 0 Å². The zero-order chi connectivity index (χ0) is 15.8. The van der Waals surface area contributed by atoms with Crippen LogP contribution >= 0.6 is 0 Å². The van der Waals surface area contributed by atoms with Gasteiger partial charge in [0.05, 0.1) is 19.4 Å². The van der Waals surface area contributed by atoms with E-state index in [1.54, 1.807) is 7.05 Å². The molecule has 1 heterocycles. The smallest absolute Gasteiger partial charge is 0.331 e. The number of rotatable bonds is 8. The molecule has 9 nitrogen and oxygen atoms in total. The van der Waals surface area contributed by atoms with Gasteiger partial charge in [0.1, 0.15) is 0 Å². The summed E-state index contributed by atoms with van der Waals surface area (Å²) in [5.74, 6) is -1.19. The number of aryl methyl sites for hydroxylation is 1. The molecule has 0 aliphatic carbocycles. The summed E-state index contributed by atoms with van der Waals surface area (Å²) < 4.78 is 6.33. The van der Waals surface area contributed by atoms with Crippen LogP contribution in [0.4, 0.5) is 4.79 Å². The summed E-state index contributed by atoms with van der Waals surface area (Å²) in [6.45, 7) is 0.413. The first kappa shape index (κ1) is 16.9. The van der Waals surface area contributed by atoms with E-state index in [1.165, 1.54) is 29.1 Å². The molecule has 0 spiro atoms. The number of hydrogen-bond acceptors (Lipinski definition) is 5. The van der Waals surface area contributed by atoms with Crippen molar-refractivity contribution in [2.75, 3.05) is 33.4 Å². The lowest BCUT2D eigenvalue weighted by atomic mass is 10.1. The predicted molar refractivity (Wildman–Crippen MR) is 72.7 cm³/mol. The van der Waals surface area contributed by atoms with E-state index in [1.807, 2.05) is 0 Å². The van der Waals surface area contributed by atoms with Crippen LogP contribution in [-0.4, -0.2) is 70.3 Å². The highest BCUT2D eigenvalue weighted by atomic mass is 16.5. The lowest BCUT2D eigenvalue weighted by Gasteiger charge is -2.23. The molecule has 0 aliphatic rings. The number of nitrogens with one attached hydrogen (secondary N) is 1. The molecule has 21 heavy (non-hydrogen) atoms. The number of nitrogens with zero attached hydrogens (tertiary/aromatic N) is 3. The average Bonchev–Trinajstić information content (AvgIpc) is 2.86. The van der Waals surface area contributed by atoms with Gasteiger partial charge in [-0.2, -0.15) is 5.10 Å². The van der Waals surface area contributed by atoms with Crippen LogP contribution in [-0.2, 0) is 16.6 Å². The summed E-state index contributed by atoms with van der Waals surface area (Å²) in [7, 11) is 3.14. The van der Waals surface area contributed by atoms with Gasteiger partial charge in [-0.15, -0.1) is 0 Å². The van der Waals surface area contributed by atoms with Gasteiger partial charge >= 0.3 is 12.0 Å². The fourth-order valence-corrected chi connectivity index (χ4v) is 1.73. The van der Waals surface area contributed by atoms with Gasteiger partial charge in [0.2, 0.25) is 0 Å². The summed E-state index contributed by atoms with van der Waals surface area (Å²) in [4.78, 5) is 24.7. The van der Waals surface area contributed by atoms with E-state index >= 15 is 0 Å². The molecule has 1 unspecified atom stereocenters. The zero-order valence-electron chi connectivity index (χ0n) is 12.0. The average molecular weight is 300 g/mol. The van der Waals surface area contributed by atoms with Gasteiger partial charge in [0.15, 0.2) is 6.04 Å². The SMILES string of the molecule is COCCN(CCO)C(=O)NC(C(=O)O)c1cnn(C)c1. The number of hydrogen-bond donors (Lipinski definition) is 3. The molecule has 0 aromatic carbocycles. The molecule has 0 radical (unpaired) electrons. The third-order valence-electron chi connectivity index (χ3n) is 2.80. The van der Waals surface area contributed by atoms with E-state index in [9.17, 15) is 14.7 Å². The third-order valence-corrected chi connectivity index (χ3v) is 2.80. The Bertz CT molecular complexity index is 476. The van der Waals surface area contributed by atoms with E-state index in [-0.39, 0.29) is 26.3 Å². The van der Waals surface area contributed by atoms with Crippen molar-refractivity contribution >= 4 is 12.0 Å². The van der Waals surface area contributed by atoms with Gasteiger partial charge in [-0.05, 0) is 0 Å². The van der Waals surface area contributed by atoms with Gasteiger partial charge in [-0.25, -0.2) is 9.59 Å². The minimum Gasteiger partial charge on any atom is -0.479 e. The fourth-order valence-electron chi connectivity index (χ4n) is 1.73. The molecule has 3 N–H and O–H groups in total. The predicted octanol–water partition coefficient (Wildman–Crippen LogP) is -0.804. The summed E-state index contributed by atoms with van der Waals surface area (Å²) in [5.41, 5.74) is 0.369. The van der Waals surface area contributed by atoms with Crippen molar-refractivity contribution in [3.63, 3.8) is 0 Å². The number of aliphatic hydroxyl groups excluding tert-OH is 1. The molecule has 1 aromatic heterocycles. The standard InChI is InChI=1S/C12H20N4O5/c1-15-8-9(7-13-15)10(11(18)19)14-12(20)16(3-5-17)4-6-21-2/h7-8,10,17H,3-6H2,1-2H3,(H,14,20)(H,18,19). The molecule has 118 valence electrons. The molecule has 1 atom stereocenters. The summed E-state index contributed by atoms with van der Waals surface area (Å²) in [5, 5.41) is 24.5. The van der Waals surface area contributed by atoms with Gasteiger partial charge in [-0.1, -0.05) is 0 Å². The van der Waals surface area contributed by atoms with Crippen LogP contribution in [0.15, 0.2) is 12.4 Å². The van der Waals surface area contributed by atoms with Crippen molar-refractivity contribution in [2.45, 2.75) is 6.04 Å². The van der Waals surface area contributed by atoms with Crippen molar-refractivity contribution < 1.29 is 24.5 Å². The number of amides is 2. The second-order valence-electron chi connectivity index (χ2n) is 4.37. The van der Waals surface area contributed by atoms with Crippen molar-refractivity contribution in [3.05, 3.63) is 18.0 Å². The fraction of sp³-hybridized carbons (Fsp3) is 0.583. The summed E-state index contributed by atoms with van der Waals surface area (Å²) >= 11 is 0. The van der Waals surface area contributed by atoms with Crippen molar-refractivity contribution in [2.24, 2.45) is 7.05 Å². The largest absolute Gasteiger partial charge is 0.479 e. The van der Waals surface area contributed by atoms with Crippen LogP contribution in [0, 0.1) is 0 Å². The maximum Gasteiger partial charge on any atom is 0.331 e. The molecule has 0 saturated carbocycles. The normalized spacial score (nSPS) is 12.0. The summed E-state index contributed by atoms with van der Waals surface area (Å²) in [6.07, 6.45) is 2.90. The Kier molecular flexibility index (Phi) is 6.63.